The van der Waals surface area contributed by atoms with Gasteiger partial charge in [-0.3, -0.25) is 9.59 Å². The maximum absolute atomic E-state index is 12.3. The fourth-order valence-electron chi connectivity index (χ4n) is 2.55. The van der Waals surface area contributed by atoms with Crippen LogP contribution in [-0.4, -0.2) is 32.2 Å². The summed E-state index contributed by atoms with van der Waals surface area (Å²) in [5.41, 5.74) is 1.27. The topological polar surface area (TPSA) is 76.9 Å². The Morgan fingerprint density at radius 3 is 2.68 bits per heavy atom. The van der Waals surface area contributed by atoms with E-state index in [2.05, 4.69) is 28.2 Å². The number of aromatic nitrogens is 3. The Morgan fingerprint density at radius 1 is 1.25 bits per heavy atom. The molecule has 0 radical (unpaired) electrons. The molecule has 0 saturated heterocycles. The number of amides is 1. The third kappa shape index (κ3) is 5.17. The molecule has 0 bridgehead atoms. The highest BCUT2D eigenvalue weighted by Crippen LogP contribution is 2.21. The molecule has 1 aromatic carbocycles. The molecule has 0 aliphatic heterocycles. The summed E-state index contributed by atoms with van der Waals surface area (Å²) in [4.78, 5) is 24.8. The van der Waals surface area contributed by atoms with Gasteiger partial charge in [-0.05, 0) is 42.6 Å². The van der Waals surface area contributed by atoms with Crippen molar-refractivity contribution in [2.24, 2.45) is 0 Å². The molecule has 2 aromatic heterocycles. The molecule has 0 unspecified atom stereocenters. The van der Waals surface area contributed by atoms with Crippen LogP contribution in [0.25, 0.3) is 0 Å². The lowest BCUT2D eigenvalue weighted by molar-refractivity contribution is -0.113. The Kier molecular flexibility index (Phi) is 6.78. The van der Waals surface area contributed by atoms with Gasteiger partial charge in [0.2, 0.25) is 5.91 Å². The molecule has 0 fully saturated rings. The average Bonchev–Trinajstić information content (AvgIpc) is 3.32. The van der Waals surface area contributed by atoms with Crippen molar-refractivity contribution in [3.05, 3.63) is 70.7 Å². The highest BCUT2D eigenvalue weighted by molar-refractivity contribution is 7.99. The fraction of sp³-hybridized carbons (Fsp3) is 0.200. The Morgan fingerprint density at radius 2 is 2.04 bits per heavy atom. The summed E-state index contributed by atoms with van der Waals surface area (Å²) in [6, 6.07) is 10.9. The van der Waals surface area contributed by atoms with E-state index in [0.717, 1.165) is 5.82 Å². The predicted molar refractivity (Wildman–Crippen MR) is 113 cm³/mol. The van der Waals surface area contributed by atoms with Crippen LogP contribution in [0.3, 0.4) is 0 Å². The number of thiophene rings is 1. The largest absolute Gasteiger partial charge is 0.325 e. The first-order valence-corrected chi connectivity index (χ1v) is 10.5. The van der Waals surface area contributed by atoms with Gasteiger partial charge in [-0.25, -0.2) is 0 Å². The second kappa shape index (κ2) is 9.48. The van der Waals surface area contributed by atoms with E-state index in [-0.39, 0.29) is 17.4 Å². The molecule has 0 saturated carbocycles. The van der Waals surface area contributed by atoms with Crippen molar-refractivity contribution in [3.63, 3.8) is 0 Å². The predicted octanol–water partition coefficient (Wildman–Crippen LogP) is 4.05. The Hall–Kier alpha value is -2.71. The van der Waals surface area contributed by atoms with E-state index in [1.54, 1.807) is 41.7 Å². The van der Waals surface area contributed by atoms with E-state index >= 15 is 0 Å². The normalized spacial score (nSPS) is 10.6. The Balaban J connectivity index is 1.61. The SMILES string of the molecule is C=CCn1c(Cc2cccs2)nnc1SCC(=O)Nc1ccc(C(C)=O)cc1. The number of benzene rings is 1. The maximum Gasteiger partial charge on any atom is 0.234 e. The van der Waals surface area contributed by atoms with Crippen LogP contribution < -0.4 is 5.32 Å². The number of nitrogens with zero attached hydrogens (tertiary/aromatic N) is 3. The molecule has 0 atom stereocenters. The van der Waals surface area contributed by atoms with Crippen LogP contribution in [0.1, 0.15) is 28.0 Å². The number of nitrogens with one attached hydrogen (secondary N) is 1. The zero-order valence-corrected chi connectivity index (χ0v) is 17.1. The van der Waals surface area contributed by atoms with Crippen LogP contribution in [0.15, 0.2) is 59.6 Å². The zero-order valence-electron chi connectivity index (χ0n) is 15.4. The lowest BCUT2D eigenvalue weighted by atomic mass is 10.1. The van der Waals surface area contributed by atoms with Crippen molar-refractivity contribution >= 4 is 40.5 Å². The van der Waals surface area contributed by atoms with E-state index in [1.807, 2.05) is 16.0 Å². The monoisotopic (exact) mass is 412 g/mol. The standard InChI is InChI=1S/C20H20N4O2S2/c1-3-10-24-18(12-17-5-4-11-27-17)22-23-20(24)28-13-19(26)21-16-8-6-15(7-9-16)14(2)25/h3-9,11H,1,10,12-13H2,2H3,(H,21,26). The maximum atomic E-state index is 12.3. The second-order valence-corrected chi connectivity index (χ2v) is 8.00. The molecule has 0 spiro atoms. The molecular formula is C20H20N4O2S2. The van der Waals surface area contributed by atoms with Crippen LogP contribution in [0, 0.1) is 0 Å². The quantitative estimate of drug-likeness (QED) is 0.326. The summed E-state index contributed by atoms with van der Waals surface area (Å²) in [6.07, 6.45) is 2.50. The second-order valence-electron chi connectivity index (χ2n) is 6.02. The van der Waals surface area contributed by atoms with Gasteiger partial charge in [-0.15, -0.1) is 28.1 Å². The summed E-state index contributed by atoms with van der Waals surface area (Å²) in [5, 5.41) is 14.1. The van der Waals surface area contributed by atoms with Crippen LogP contribution in [0.5, 0.6) is 0 Å². The summed E-state index contributed by atoms with van der Waals surface area (Å²) in [6.45, 7) is 5.90. The lowest BCUT2D eigenvalue weighted by Crippen LogP contribution is -2.15. The molecule has 1 amide bonds. The van der Waals surface area contributed by atoms with Crippen LogP contribution in [0.4, 0.5) is 5.69 Å². The van der Waals surface area contributed by atoms with Gasteiger partial charge in [-0.2, -0.15) is 0 Å². The number of carbonyl (C=O) groups is 2. The first-order chi connectivity index (χ1) is 13.6. The van der Waals surface area contributed by atoms with Crippen molar-refractivity contribution in [3.8, 4) is 0 Å². The summed E-state index contributed by atoms with van der Waals surface area (Å²) < 4.78 is 1.98. The summed E-state index contributed by atoms with van der Waals surface area (Å²) in [7, 11) is 0. The number of ketones is 1. The molecule has 0 aliphatic rings. The minimum atomic E-state index is -0.145. The molecule has 6 nitrogen and oxygen atoms in total. The number of thioether (sulfide) groups is 1. The van der Waals surface area contributed by atoms with Crippen molar-refractivity contribution < 1.29 is 9.59 Å². The van der Waals surface area contributed by atoms with Crippen LogP contribution in [-0.2, 0) is 17.8 Å². The number of hydrogen-bond acceptors (Lipinski definition) is 6. The number of rotatable bonds is 9. The van der Waals surface area contributed by atoms with Gasteiger partial charge in [0.15, 0.2) is 10.9 Å². The molecule has 3 aromatic rings. The van der Waals surface area contributed by atoms with E-state index in [1.165, 1.54) is 23.6 Å². The number of Topliss-reactive ketones (excluding diaryl/α,β-unsaturated/α-hetero) is 1. The third-order valence-corrected chi connectivity index (χ3v) is 5.77. The first kappa shape index (κ1) is 20.0. The van der Waals surface area contributed by atoms with Crippen molar-refractivity contribution in [1.82, 2.24) is 14.8 Å². The lowest BCUT2D eigenvalue weighted by Gasteiger charge is -2.08. The van der Waals surface area contributed by atoms with Gasteiger partial charge >= 0.3 is 0 Å². The van der Waals surface area contributed by atoms with Crippen molar-refractivity contribution in [2.75, 3.05) is 11.1 Å². The highest BCUT2D eigenvalue weighted by atomic mass is 32.2. The van der Waals surface area contributed by atoms with E-state index in [4.69, 9.17) is 0 Å². The summed E-state index contributed by atoms with van der Waals surface area (Å²) >= 11 is 3.01. The Bertz CT molecular complexity index is 963. The molecule has 1 N–H and O–H groups in total. The van der Waals surface area contributed by atoms with Crippen LogP contribution >= 0.6 is 23.1 Å². The summed E-state index contributed by atoms with van der Waals surface area (Å²) in [5.74, 6) is 0.912. The number of hydrogen-bond donors (Lipinski definition) is 1. The first-order valence-electron chi connectivity index (χ1n) is 8.66. The molecule has 3 rings (SSSR count). The average molecular weight is 413 g/mol. The van der Waals surface area contributed by atoms with Gasteiger partial charge in [0.25, 0.3) is 0 Å². The Labute approximate surface area is 171 Å². The third-order valence-electron chi connectivity index (χ3n) is 3.93. The molecule has 28 heavy (non-hydrogen) atoms. The number of anilines is 1. The molecular weight excluding hydrogens is 392 g/mol. The molecule has 0 aliphatic carbocycles. The fourth-order valence-corrected chi connectivity index (χ4v) is 4.02. The van der Waals surface area contributed by atoms with Crippen molar-refractivity contribution in [1.29, 1.82) is 0 Å². The minimum absolute atomic E-state index is 0.00617. The van der Waals surface area contributed by atoms with Gasteiger partial charge < -0.3 is 9.88 Å². The molecule has 144 valence electrons. The van der Waals surface area contributed by atoms with Gasteiger partial charge in [0.1, 0.15) is 5.82 Å². The minimum Gasteiger partial charge on any atom is -0.325 e. The van der Waals surface area contributed by atoms with Crippen molar-refractivity contribution in [2.45, 2.75) is 25.0 Å². The van der Waals surface area contributed by atoms with E-state index in [9.17, 15) is 9.59 Å². The smallest absolute Gasteiger partial charge is 0.234 e. The van der Waals surface area contributed by atoms with Gasteiger partial charge in [-0.1, -0.05) is 23.9 Å². The molecule has 2 heterocycles. The number of carbonyl (C=O) groups excluding carboxylic acids is 2. The van der Waals surface area contributed by atoms with E-state index in [0.29, 0.717) is 29.4 Å². The van der Waals surface area contributed by atoms with Crippen LogP contribution in [0.2, 0.25) is 0 Å². The van der Waals surface area contributed by atoms with Gasteiger partial charge in [0, 0.05) is 29.1 Å². The molecule has 8 heteroatoms. The number of allylic oxidation sites excluding steroid dienone is 1. The zero-order chi connectivity index (χ0) is 19.9. The van der Waals surface area contributed by atoms with E-state index < -0.39 is 0 Å². The highest BCUT2D eigenvalue weighted by Gasteiger charge is 2.14. The van der Waals surface area contributed by atoms with Gasteiger partial charge in [0.05, 0.1) is 5.75 Å².